The lowest BCUT2D eigenvalue weighted by Gasteiger charge is -2.15. The van der Waals surface area contributed by atoms with Gasteiger partial charge in [-0.25, -0.2) is 13.6 Å². The largest absolute Gasteiger partial charge is 0.492 e. The predicted molar refractivity (Wildman–Crippen MR) is 88.0 cm³/mol. The molecule has 4 nitrogen and oxygen atoms in total. The highest BCUT2D eigenvalue weighted by Gasteiger charge is 2.11. The van der Waals surface area contributed by atoms with Gasteiger partial charge in [0.2, 0.25) is 0 Å². The van der Waals surface area contributed by atoms with Gasteiger partial charge in [0.25, 0.3) is 0 Å². The van der Waals surface area contributed by atoms with E-state index < -0.39 is 23.7 Å². The van der Waals surface area contributed by atoms with Crippen LogP contribution in [0.25, 0.3) is 0 Å². The third kappa shape index (κ3) is 5.22. The van der Waals surface area contributed by atoms with E-state index in [-0.39, 0.29) is 0 Å². The van der Waals surface area contributed by atoms with Crippen LogP contribution in [0.5, 0.6) is 5.75 Å². The zero-order valence-corrected chi connectivity index (χ0v) is 13.6. The summed E-state index contributed by atoms with van der Waals surface area (Å²) >= 11 is 0. The molecule has 2 aromatic rings. The first kappa shape index (κ1) is 17.7. The number of aryl methyl sites for hydroxylation is 1. The number of amides is 2. The topological polar surface area (TPSA) is 50.4 Å². The van der Waals surface area contributed by atoms with Crippen molar-refractivity contribution >= 4 is 6.03 Å². The monoisotopic (exact) mass is 334 g/mol. The highest BCUT2D eigenvalue weighted by atomic mass is 19.2. The van der Waals surface area contributed by atoms with Crippen LogP contribution < -0.4 is 15.4 Å². The molecule has 0 aromatic heterocycles. The lowest BCUT2D eigenvalue weighted by Crippen LogP contribution is -2.39. The molecular formula is C18H20F2N2O2. The summed E-state index contributed by atoms with van der Waals surface area (Å²) in [5.41, 5.74) is 1.58. The summed E-state index contributed by atoms with van der Waals surface area (Å²) in [6.45, 7) is 4.31. The Hall–Kier alpha value is -2.63. The van der Waals surface area contributed by atoms with Gasteiger partial charge < -0.3 is 15.4 Å². The quantitative estimate of drug-likeness (QED) is 0.791. The second-order valence-electron chi connectivity index (χ2n) is 5.46. The first-order chi connectivity index (χ1) is 11.5. The number of hydrogen-bond acceptors (Lipinski definition) is 2. The zero-order valence-electron chi connectivity index (χ0n) is 13.6. The van der Waals surface area contributed by atoms with Crippen molar-refractivity contribution in [3.8, 4) is 5.75 Å². The van der Waals surface area contributed by atoms with Gasteiger partial charge in [-0.05, 0) is 49.2 Å². The Morgan fingerprint density at radius 3 is 2.67 bits per heavy atom. The second kappa shape index (κ2) is 8.29. The van der Waals surface area contributed by atoms with Crippen molar-refractivity contribution in [2.75, 3.05) is 13.2 Å². The van der Waals surface area contributed by atoms with Crippen LogP contribution in [0.2, 0.25) is 0 Å². The summed E-state index contributed by atoms with van der Waals surface area (Å²) in [7, 11) is 0. The van der Waals surface area contributed by atoms with Gasteiger partial charge in [-0.2, -0.15) is 0 Å². The summed E-state index contributed by atoms with van der Waals surface area (Å²) in [4.78, 5) is 11.8. The first-order valence-electron chi connectivity index (χ1n) is 7.64. The molecular weight excluding hydrogens is 314 g/mol. The van der Waals surface area contributed by atoms with Crippen molar-refractivity contribution in [3.05, 3.63) is 65.2 Å². The fraction of sp³-hybridized carbons (Fsp3) is 0.278. The summed E-state index contributed by atoms with van der Waals surface area (Å²) < 4.78 is 31.6. The van der Waals surface area contributed by atoms with Gasteiger partial charge in [0, 0.05) is 0 Å². The van der Waals surface area contributed by atoms with Gasteiger partial charge >= 0.3 is 6.03 Å². The Kier molecular flexibility index (Phi) is 6.12. The molecule has 24 heavy (non-hydrogen) atoms. The summed E-state index contributed by atoms with van der Waals surface area (Å²) in [5, 5.41) is 5.31. The predicted octanol–water partition coefficient (Wildman–Crippen LogP) is 3.71. The molecule has 6 heteroatoms. The van der Waals surface area contributed by atoms with Crippen LogP contribution in [0.4, 0.5) is 13.6 Å². The third-order valence-electron chi connectivity index (χ3n) is 3.44. The van der Waals surface area contributed by atoms with Gasteiger partial charge in [-0.1, -0.05) is 18.2 Å². The summed E-state index contributed by atoms with van der Waals surface area (Å²) in [5.74, 6) is -1.11. The molecule has 0 saturated heterocycles. The van der Waals surface area contributed by atoms with Crippen LogP contribution in [-0.4, -0.2) is 19.2 Å². The minimum Gasteiger partial charge on any atom is -0.492 e. The SMILES string of the molecule is Cc1cccc(OCCNC(=O)NC(C)c2ccc(F)c(F)c2)c1. The molecule has 0 fully saturated rings. The zero-order chi connectivity index (χ0) is 17.5. The van der Waals surface area contributed by atoms with Gasteiger partial charge in [0.1, 0.15) is 12.4 Å². The number of rotatable bonds is 6. The molecule has 128 valence electrons. The van der Waals surface area contributed by atoms with E-state index in [1.165, 1.54) is 6.07 Å². The van der Waals surface area contributed by atoms with Gasteiger partial charge in [0.15, 0.2) is 11.6 Å². The van der Waals surface area contributed by atoms with E-state index in [1.54, 1.807) is 6.92 Å². The van der Waals surface area contributed by atoms with Gasteiger partial charge in [-0.3, -0.25) is 0 Å². The molecule has 0 bridgehead atoms. The van der Waals surface area contributed by atoms with Gasteiger partial charge in [-0.15, -0.1) is 0 Å². The normalized spacial score (nSPS) is 11.7. The fourth-order valence-electron chi connectivity index (χ4n) is 2.15. The maximum absolute atomic E-state index is 13.2. The van der Waals surface area contributed by atoms with Gasteiger partial charge in [0.05, 0.1) is 12.6 Å². The van der Waals surface area contributed by atoms with Crippen LogP contribution in [0.3, 0.4) is 0 Å². The number of carbonyl (C=O) groups is 1. The Morgan fingerprint density at radius 2 is 1.96 bits per heavy atom. The maximum Gasteiger partial charge on any atom is 0.315 e. The molecule has 1 atom stereocenters. The molecule has 0 saturated carbocycles. The smallest absolute Gasteiger partial charge is 0.315 e. The number of benzene rings is 2. The van der Waals surface area contributed by atoms with E-state index in [4.69, 9.17) is 4.74 Å². The lowest BCUT2D eigenvalue weighted by molar-refractivity contribution is 0.233. The number of carbonyl (C=O) groups excluding carboxylic acids is 1. The molecule has 2 N–H and O–H groups in total. The third-order valence-corrected chi connectivity index (χ3v) is 3.44. The highest BCUT2D eigenvalue weighted by molar-refractivity contribution is 5.74. The van der Waals surface area contributed by atoms with E-state index in [0.717, 1.165) is 23.4 Å². The molecule has 2 aromatic carbocycles. The number of hydrogen-bond donors (Lipinski definition) is 2. The lowest BCUT2D eigenvalue weighted by atomic mass is 10.1. The Bertz CT molecular complexity index is 707. The Labute approximate surface area is 139 Å². The number of ether oxygens (including phenoxy) is 1. The molecule has 0 aliphatic heterocycles. The molecule has 0 aliphatic carbocycles. The van der Waals surface area contributed by atoms with Crippen molar-refractivity contribution in [1.29, 1.82) is 0 Å². The van der Waals surface area contributed by atoms with Crippen LogP contribution >= 0.6 is 0 Å². The van der Waals surface area contributed by atoms with Crippen LogP contribution in [0.1, 0.15) is 24.1 Å². The molecule has 0 radical (unpaired) electrons. The first-order valence-corrected chi connectivity index (χ1v) is 7.64. The minimum atomic E-state index is -0.937. The molecule has 0 aliphatic rings. The minimum absolute atomic E-state index is 0.324. The highest BCUT2D eigenvalue weighted by Crippen LogP contribution is 2.15. The van der Waals surface area contributed by atoms with Crippen molar-refractivity contribution in [2.24, 2.45) is 0 Å². The van der Waals surface area contributed by atoms with Crippen LogP contribution in [0.15, 0.2) is 42.5 Å². The second-order valence-corrected chi connectivity index (χ2v) is 5.46. The summed E-state index contributed by atoms with van der Waals surface area (Å²) in [6, 6.07) is 10.3. The molecule has 2 rings (SSSR count). The Balaban J connectivity index is 1.73. The molecule has 0 spiro atoms. The number of urea groups is 1. The van der Waals surface area contributed by atoms with Crippen molar-refractivity contribution in [2.45, 2.75) is 19.9 Å². The maximum atomic E-state index is 13.2. The summed E-state index contributed by atoms with van der Waals surface area (Å²) in [6.07, 6.45) is 0. The van der Waals surface area contributed by atoms with E-state index >= 15 is 0 Å². The van der Waals surface area contributed by atoms with E-state index in [1.807, 2.05) is 31.2 Å². The standard InChI is InChI=1S/C18H20F2N2O2/c1-12-4-3-5-15(10-12)24-9-8-21-18(23)22-13(2)14-6-7-16(19)17(20)11-14/h3-7,10-11,13H,8-9H2,1-2H3,(H2,21,22,23). The van der Waals surface area contributed by atoms with E-state index in [9.17, 15) is 13.6 Å². The fourth-order valence-corrected chi connectivity index (χ4v) is 2.15. The average Bonchev–Trinajstić information content (AvgIpc) is 2.54. The average molecular weight is 334 g/mol. The Morgan fingerprint density at radius 1 is 1.17 bits per heavy atom. The van der Waals surface area contributed by atoms with E-state index in [2.05, 4.69) is 10.6 Å². The van der Waals surface area contributed by atoms with Crippen molar-refractivity contribution < 1.29 is 18.3 Å². The number of nitrogens with one attached hydrogen (secondary N) is 2. The van der Waals surface area contributed by atoms with Crippen molar-refractivity contribution in [3.63, 3.8) is 0 Å². The van der Waals surface area contributed by atoms with Crippen LogP contribution in [0, 0.1) is 18.6 Å². The molecule has 2 amide bonds. The molecule has 0 heterocycles. The van der Waals surface area contributed by atoms with Crippen LogP contribution in [-0.2, 0) is 0 Å². The number of halogens is 2. The van der Waals surface area contributed by atoms with E-state index in [0.29, 0.717) is 18.7 Å². The van der Waals surface area contributed by atoms with Crippen molar-refractivity contribution in [1.82, 2.24) is 10.6 Å². The molecule has 1 unspecified atom stereocenters.